The Morgan fingerprint density at radius 2 is 2.23 bits per heavy atom. The van der Waals surface area contributed by atoms with Crippen LogP contribution in [0.4, 0.5) is 11.5 Å². The molecule has 8 heteroatoms. The molecular formula is C14H16N6O2. The van der Waals surface area contributed by atoms with Crippen molar-refractivity contribution in [1.82, 2.24) is 19.7 Å². The summed E-state index contributed by atoms with van der Waals surface area (Å²) in [7, 11) is 1.88. The van der Waals surface area contributed by atoms with Crippen molar-refractivity contribution in [2.24, 2.45) is 7.05 Å². The summed E-state index contributed by atoms with van der Waals surface area (Å²) in [5.74, 6) is 0.627. The minimum atomic E-state index is -0.174. The first-order valence-corrected chi connectivity index (χ1v) is 6.84. The van der Waals surface area contributed by atoms with Gasteiger partial charge in [0.15, 0.2) is 0 Å². The van der Waals surface area contributed by atoms with Crippen LogP contribution in [0.5, 0.6) is 0 Å². The number of benzene rings is 1. The molecule has 0 aliphatic carbocycles. The molecule has 1 amide bonds. The van der Waals surface area contributed by atoms with Gasteiger partial charge in [0.25, 0.3) is 5.56 Å². The lowest BCUT2D eigenvalue weighted by Crippen LogP contribution is -2.16. The van der Waals surface area contributed by atoms with Crippen LogP contribution in [0.15, 0.2) is 35.5 Å². The quantitative estimate of drug-likeness (QED) is 0.564. The van der Waals surface area contributed by atoms with E-state index in [0.717, 1.165) is 5.82 Å². The van der Waals surface area contributed by atoms with E-state index in [1.807, 2.05) is 17.8 Å². The van der Waals surface area contributed by atoms with E-state index in [9.17, 15) is 9.59 Å². The number of fused-ring (bicyclic) bond motifs is 1. The Kier molecular flexibility index (Phi) is 3.65. The summed E-state index contributed by atoms with van der Waals surface area (Å²) in [6.07, 6.45) is 3.85. The zero-order valence-electron chi connectivity index (χ0n) is 12.0. The lowest BCUT2D eigenvalue weighted by molar-refractivity contribution is -0.115. The fraction of sp³-hybridized carbons (Fsp3) is 0.214. The molecule has 3 aromatic rings. The number of aromatic amines is 2. The average Bonchev–Trinajstić information content (AvgIpc) is 3.05. The largest absolute Gasteiger partial charge is 0.368 e. The van der Waals surface area contributed by atoms with Crippen molar-refractivity contribution in [1.29, 1.82) is 0 Å². The standard InChI is InChI=1S/C14H16N6O2/c1-20-7-12(16-8-20)15-5-4-13(21)17-9-2-3-10-11(6-9)18-19-14(10)22/h2-3,6-8,15H,4-5H2,1H3,(H,17,21)(H2,18,19,22). The number of anilines is 2. The Labute approximate surface area is 125 Å². The minimum absolute atomic E-state index is 0.110. The summed E-state index contributed by atoms with van der Waals surface area (Å²) in [6, 6.07) is 5.10. The molecule has 0 fully saturated rings. The molecule has 22 heavy (non-hydrogen) atoms. The zero-order valence-corrected chi connectivity index (χ0v) is 12.0. The number of nitrogens with zero attached hydrogens (tertiary/aromatic N) is 2. The summed E-state index contributed by atoms with van der Waals surface area (Å²) in [4.78, 5) is 27.4. The van der Waals surface area contributed by atoms with Crippen LogP contribution in [0, 0.1) is 0 Å². The molecule has 2 aromatic heterocycles. The number of aryl methyl sites for hydroxylation is 1. The minimum Gasteiger partial charge on any atom is -0.368 e. The van der Waals surface area contributed by atoms with Gasteiger partial charge in [-0.25, -0.2) is 4.98 Å². The van der Waals surface area contributed by atoms with Crippen LogP contribution in [0.1, 0.15) is 6.42 Å². The van der Waals surface area contributed by atoms with Gasteiger partial charge in [0.05, 0.1) is 17.2 Å². The second kappa shape index (κ2) is 5.76. The highest BCUT2D eigenvalue weighted by atomic mass is 16.1. The third-order valence-corrected chi connectivity index (χ3v) is 3.22. The van der Waals surface area contributed by atoms with Gasteiger partial charge in [-0.2, -0.15) is 0 Å². The van der Waals surface area contributed by atoms with Crippen LogP contribution in [0.25, 0.3) is 10.9 Å². The third kappa shape index (κ3) is 3.00. The van der Waals surface area contributed by atoms with Gasteiger partial charge in [-0.3, -0.25) is 19.8 Å². The first-order chi connectivity index (χ1) is 10.6. The number of aromatic nitrogens is 4. The third-order valence-electron chi connectivity index (χ3n) is 3.22. The molecular weight excluding hydrogens is 284 g/mol. The first kappa shape index (κ1) is 13.9. The van der Waals surface area contributed by atoms with E-state index in [1.165, 1.54) is 0 Å². The van der Waals surface area contributed by atoms with Gasteiger partial charge < -0.3 is 15.2 Å². The molecule has 0 spiro atoms. The summed E-state index contributed by atoms with van der Waals surface area (Å²) < 4.78 is 1.83. The van der Waals surface area contributed by atoms with Gasteiger partial charge >= 0.3 is 0 Å². The number of carbonyl (C=O) groups is 1. The number of carbonyl (C=O) groups excluding carboxylic acids is 1. The van der Waals surface area contributed by atoms with E-state index < -0.39 is 0 Å². The number of imidazole rings is 1. The normalized spacial score (nSPS) is 10.8. The zero-order chi connectivity index (χ0) is 15.5. The van der Waals surface area contributed by atoms with E-state index in [-0.39, 0.29) is 11.5 Å². The van der Waals surface area contributed by atoms with Crippen molar-refractivity contribution in [3.63, 3.8) is 0 Å². The summed E-state index contributed by atoms with van der Waals surface area (Å²) in [6.45, 7) is 0.492. The Morgan fingerprint density at radius 3 is 3.00 bits per heavy atom. The second-order valence-corrected chi connectivity index (χ2v) is 4.99. The van der Waals surface area contributed by atoms with E-state index in [2.05, 4.69) is 25.8 Å². The fourth-order valence-corrected chi connectivity index (χ4v) is 2.15. The monoisotopic (exact) mass is 300 g/mol. The van der Waals surface area contributed by atoms with Crippen molar-refractivity contribution in [2.75, 3.05) is 17.2 Å². The van der Waals surface area contributed by atoms with Crippen molar-refractivity contribution in [3.8, 4) is 0 Å². The highest BCUT2D eigenvalue weighted by Gasteiger charge is 2.06. The van der Waals surface area contributed by atoms with Crippen molar-refractivity contribution in [2.45, 2.75) is 6.42 Å². The van der Waals surface area contributed by atoms with Crippen LogP contribution >= 0.6 is 0 Å². The summed E-state index contributed by atoms with van der Waals surface area (Å²) in [5.41, 5.74) is 1.13. The number of nitrogens with one attached hydrogen (secondary N) is 4. The number of H-pyrrole nitrogens is 2. The molecule has 2 heterocycles. The van der Waals surface area contributed by atoms with E-state index in [4.69, 9.17) is 0 Å². The number of hydrogen-bond acceptors (Lipinski definition) is 4. The smallest absolute Gasteiger partial charge is 0.271 e. The predicted molar refractivity (Wildman–Crippen MR) is 83.9 cm³/mol. The van der Waals surface area contributed by atoms with Crippen LogP contribution < -0.4 is 16.2 Å². The number of amides is 1. The van der Waals surface area contributed by atoms with Gasteiger partial charge in [0, 0.05) is 31.9 Å². The molecule has 1 aromatic carbocycles. The lowest BCUT2D eigenvalue weighted by Gasteiger charge is -2.06. The maximum atomic E-state index is 11.9. The van der Waals surface area contributed by atoms with Crippen LogP contribution in [-0.2, 0) is 11.8 Å². The SMILES string of the molecule is Cn1cnc(NCCC(=O)Nc2ccc3c(=O)[nH][nH]c3c2)c1. The van der Waals surface area contributed by atoms with Crippen LogP contribution in [0.2, 0.25) is 0 Å². The van der Waals surface area contributed by atoms with Gasteiger partial charge in [0.1, 0.15) is 5.82 Å². The highest BCUT2D eigenvalue weighted by Crippen LogP contribution is 2.14. The maximum absolute atomic E-state index is 11.9. The van der Waals surface area contributed by atoms with Crippen molar-refractivity contribution in [3.05, 3.63) is 41.1 Å². The molecule has 0 aliphatic heterocycles. The summed E-state index contributed by atoms with van der Waals surface area (Å²) >= 11 is 0. The molecule has 8 nitrogen and oxygen atoms in total. The number of hydrogen-bond donors (Lipinski definition) is 4. The maximum Gasteiger partial charge on any atom is 0.271 e. The first-order valence-electron chi connectivity index (χ1n) is 6.84. The number of rotatable bonds is 5. The molecule has 4 N–H and O–H groups in total. The molecule has 114 valence electrons. The van der Waals surface area contributed by atoms with Crippen LogP contribution in [-0.4, -0.2) is 32.2 Å². The average molecular weight is 300 g/mol. The molecule has 0 unspecified atom stereocenters. The molecule has 0 bridgehead atoms. The van der Waals surface area contributed by atoms with Crippen molar-refractivity contribution >= 4 is 28.3 Å². The van der Waals surface area contributed by atoms with E-state index in [1.54, 1.807) is 24.5 Å². The summed E-state index contributed by atoms with van der Waals surface area (Å²) in [5, 5.41) is 11.7. The molecule has 0 aliphatic rings. The molecule has 0 radical (unpaired) electrons. The molecule has 3 rings (SSSR count). The molecule has 0 saturated carbocycles. The van der Waals surface area contributed by atoms with E-state index >= 15 is 0 Å². The Morgan fingerprint density at radius 1 is 1.36 bits per heavy atom. The van der Waals surface area contributed by atoms with Gasteiger partial charge in [-0.05, 0) is 18.2 Å². The van der Waals surface area contributed by atoms with Crippen LogP contribution in [0.3, 0.4) is 0 Å². The van der Waals surface area contributed by atoms with Gasteiger partial charge in [-0.1, -0.05) is 0 Å². The second-order valence-electron chi connectivity index (χ2n) is 4.99. The topological polar surface area (TPSA) is 108 Å². The fourth-order valence-electron chi connectivity index (χ4n) is 2.15. The highest BCUT2D eigenvalue weighted by molar-refractivity contribution is 5.93. The lowest BCUT2D eigenvalue weighted by atomic mass is 10.2. The molecule has 0 atom stereocenters. The Bertz CT molecular complexity index is 859. The predicted octanol–water partition coefficient (Wildman–Crippen LogP) is 1.03. The van der Waals surface area contributed by atoms with Crippen molar-refractivity contribution < 1.29 is 4.79 Å². The Hall–Kier alpha value is -3.03. The van der Waals surface area contributed by atoms with Gasteiger partial charge in [0.2, 0.25) is 5.91 Å². The van der Waals surface area contributed by atoms with Gasteiger partial charge in [-0.15, -0.1) is 0 Å². The van der Waals surface area contributed by atoms with E-state index in [0.29, 0.717) is 29.6 Å². The molecule has 0 saturated heterocycles. The Balaban J connectivity index is 1.55.